The van der Waals surface area contributed by atoms with Crippen LogP contribution in [0.15, 0.2) is 52.7 Å². The number of rotatable bonds is 6. The van der Waals surface area contributed by atoms with Crippen molar-refractivity contribution in [3.05, 3.63) is 64.4 Å². The lowest BCUT2D eigenvalue weighted by Crippen LogP contribution is -2.46. The number of hydrogen-bond donors (Lipinski definition) is 0. The maximum Gasteiger partial charge on any atom is 0.336 e. The second kappa shape index (κ2) is 8.67. The smallest absolute Gasteiger partial charge is 0.336 e. The molecule has 0 fully saturated rings. The van der Waals surface area contributed by atoms with Gasteiger partial charge < -0.3 is 18.9 Å². The van der Waals surface area contributed by atoms with Crippen LogP contribution in [0.2, 0.25) is 0 Å². The molecule has 8 heteroatoms. The highest BCUT2D eigenvalue weighted by Crippen LogP contribution is 2.55. The standard InChI is InChI=1S/C25H24BrNO6/c1-6-33-24(29)19-13(2)27-22-15-9-7-8-10-16(15)23(28)25(22,26)20(19)14-11-17(30-3)21(32-5)18(12-14)31-4/h7-12,20H,6H2,1-5H3. The molecule has 0 spiro atoms. The van der Waals surface area contributed by atoms with Gasteiger partial charge in [0, 0.05) is 22.7 Å². The molecule has 0 amide bonds. The first-order chi connectivity index (χ1) is 15.8. The fourth-order valence-electron chi connectivity index (χ4n) is 4.57. The van der Waals surface area contributed by atoms with E-state index in [4.69, 9.17) is 23.9 Å². The number of Topliss-reactive ketones (excluding diaryl/α,β-unsaturated/α-hetero) is 1. The highest BCUT2D eigenvalue weighted by atomic mass is 79.9. The third-order valence-electron chi connectivity index (χ3n) is 5.97. The summed E-state index contributed by atoms with van der Waals surface area (Å²) >= 11 is 3.75. The van der Waals surface area contributed by atoms with Gasteiger partial charge in [0.25, 0.3) is 0 Å². The fourth-order valence-corrected chi connectivity index (χ4v) is 5.58. The van der Waals surface area contributed by atoms with Crippen LogP contribution in [-0.4, -0.2) is 49.7 Å². The second-order valence-electron chi connectivity index (χ2n) is 7.66. The number of nitrogens with zero attached hydrogens (tertiary/aromatic N) is 1. The monoisotopic (exact) mass is 513 g/mol. The van der Waals surface area contributed by atoms with Crippen LogP contribution in [0.1, 0.15) is 41.3 Å². The molecule has 2 aliphatic rings. The summed E-state index contributed by atoms with van der Waals surface area (Å²) in [5, 5.41) is 0. The number of aliphatic imine (C=N–C) groups is 1. The zero-order valence-corrected chi connectivity index (χ0v) is 20.6. The van der Waals surface area contributed by atoms with Gasteiger partial charge in [0.05, 0.1) is 39.2 Å². The molecule has 0 saturated carbocycles. The third-order valence-corrected chi connectivity index (χ3v) is 7.17. The summed E-state index contributed by atoms with van der Waals surface area (Å²) in [6.45, 7) is 3.68. The first-order valence-electron chi connectivity index (χ1n) is 10.4. The lowest BCUT2D eigenvalue weighted by Gasteiger charge is -2.36. The van der Waals surface area contributed by atoms with E-state index in [-0.39, 0.29) is 12.4 Å². The van der Waals surface area contributed by atoms with Gasteiger partial charge in [-0.25, -0.2) is 4.79 Å². The van der Waals surface area contributed by atoms with Gasteiger partial charge in [-0.2, -0.15) is 0 Å². The fraction of sp³-hybridized carbons (Fsp3) is 0.320. The first-order valence-corrected chi connectivity index (χ1v) is 11.2. The highest BCUT2D eigenvalue weighted by Gasteiger charge is 2.59. The number of carbonyl (C=O) groups excluding carboxylic acids is 2. The van der Waals surface area contributed by atoms with Crippen LogP contribution in [-0.2, 0) is 9.53 Å². The molecule has 0 radical (unpaired) electrons. The molecule has 2 unspecified atom stereocenters. The number of fused-ring (bicyclic) bond motifs is 3. The Morgan fingerprint density at radius 2 is 1.67 bits per heavy atom. The van der Waals surface area contributed by atoms with Crippen molar-refractivity contribution in [2.45, 2.75) is 24.1 Å². The first kappa shape index (κ1) is 23.0. The zero-order valence-electron chi connectivity index (χ0n) is 19.0. The number of ketones is 1. The molecule has 0 N–H and O–H groups in total. The molecule has 1 heterocycles. The van der Waals surface area contributed by atoms with Crippen LogP contribution in [0.3, 0.4) is 0 Å². The van der Waals surface area contributed by atoms with Crippen molar-refractivity contribution < 1.29 is 28.5 Å². The Bertz CT molecular complexity index is 1190. The van der Waals surface area contributed by atoms with Crippen LogP contribution >= 0.6 is 15.9 Å². The van der Waals surface area contributed by atoms with E-state index in [0.29, 0.717) is 45.4 Å². The van der Waals surface area contributed by atoms with Crippen molar-refractivity contribution >= 4 is 33.4 Å². The lowest BCUT2D eigenvalue weighted by atomic mass is 9.74. The van der Waals surface area contributed by atoms with Crippen molar-refractivity contribution in [2.24, 2.45) is 4.99 Å². The van der Waals surface area contributed by atoms with E-state index in [0.717, 1.165) is 5.56 Å². The van der Waals surface area contributed by atoms with E-state index in [1.807, 2.05) is 18.2 Å². The van der Waals surface area contributed by atoms with Gasteiger partial charge in [-0.15, -0.1) is 0 Å². The number of benzene rings is 2. The van der Waals surface area contributed by atoms with E-state index in [1.165, 1.54) is 21.3 Å². The quantitative estimate of drug-likeness (QED) is 0.418. The molecule has 0 saturated heterocycles. The molecule has 1 aliphatic heterocycles. The number of methoxy groups -OCH3 is 3. The van der Waals surface area contributed by atoms with Gasteiger partial charge in [0.1, 0.15) is 4.32 Å². The van der Waals surface area contributed by atoms with Crippen molar-refractivity contribution in [2.75, 3.05) is 27.9 Å². The average Bonchev–Trinajstić information content (AvgIpc) is 3.04. The maximum atomic E-state index is 13.8. The topological polar surface area (TPSA) is 83.4 Å². The molecule has 33 heavy (non-hydrogen) atoms. The van der Waals surface area contributed by atoms with Gasteiger partial charge in [-0.1, -0.05) is 40.2 Å². The van der Waals surface area contributed by atoms with Gasteiger partial charge in [-0.3, -0.25) is 9.79 Å². The number of alkyl halides is 1. The van der Waals surface area contributed by atoms with Crippen molar-refractivity contribution in [1.29, 1.82) is 0 Å². The van der Waals surface area contributed by atoms with Crippen LogP contribution in [0.5, 0.6) is 17.2 Å². The Kier molecular flexibility index (Phi) is 6.05. The second-order valence-corrected chi connectivity index (χ2v) is 8.91. The molecule has 2 aromatic rings. The third kappa shape index (κ3) is 3.35. The normalized spacial score (nSPS) is 21.2. The van der Waals surface area contributed by atoms with Gasteiger partial charge >= 0.3 is 5.97 Å². The number of hydrogen-bond acceptors (Lipinski definition) is 7. The summed E-state index contributed by atoms with van der Waals surface area (Å²) < 4.78 is 20.6. The molecule has 2 aromatic carbocycles. The largest absolute Gasteiger partial charge is 0.493 e. The maximum absolute atomic E-state index is 13.8. The van der Waals surface area contributed by atoms with Crippen LogP contribution in [0.25, 0.3) is 0 Å². The molecule has 172 valence electrons. The van der Waals surface area contributed by atoms with Crippen LogP contribution in [0, 0.1) is 0 Å². The number of allylic oxidation sites excluding steroid dienone is 1. The summed E-state index contributed by atoms with van der Waals surface area (Å²) in [7, 11) is 4.55. The van der Waals surface area contributed by atoms with E-state index in [1.54, 1.807) is 32.0 Å². The van der Waals surface area contributed by atoms with E-state index >= 15 is 0 Å². The Morgan fingerprint density at radius 3 is 2.21 bits per heavy atom. The molecule has 0 aromatic heterocycles. The predicted molar refractivity (Wildman–Crippen MR) is 127 cm³/mol. The molecular weight excluding hydrogens is 490 g/mol. The minimum Gasteiger partial charge on any atom is -0.493 e. The van der Waals surface area contributed by atoms with Crippen molar-refractivity contribution in [3.8, 4) is 17.2 Å². The number of carbonyl (C=O) groups is 2. The summed E-state index contributed by atoms with van der Waals surface area (Å²) in [4.78, 5) is 31.7. The van der Waals surface area contributed by atoms with E-state index in [2.05, 4.69) is 15.9 Å². The molecule has 2 atom stereocenters. The van der Waals surface area contributed by atoms with E-state index < -0.39 is 16.2 Å². The molecular formula is C25H24BrNO6. The summed E-state index contributed by atoms with van der Waals surface area (Å²) in [6, 6.07) is 10.8. The highest BCUT2D eigenvalue weighted by molar-refractivity contribution is 9.10. The molecule has 7 nitrogen and oxygen atoms in total. The number of esters is 1. The predicted octanol–water partition coefficient (Wildman–Crippen LogP) is 4.47. The SMILES string of the molecule is CCOC(=O)C1=C(C)N=C2c3ccccc3C(=O)C2(Br)C1c1cc(OC)c(OC)c(OC)c1. The zero-order chi connectivity index (χ0) is 23.9. The lowest BCUT2D eigenvalue weighted by molar-refractivity contribution is -0.138. The molecule has 0 bridgehead atoms. The Morgan fingerprint density at radius 1 is 1.06 bits per heavy atom. The Labute approximate surface area is 200 Å². The molecule has 4 rings (SSSR count). The van der Waals surface area contributed by atoms with Crippen LogP contribution < -0.4 is 14.2 Å². The summed E-state index contributed by atoms with van der Waals surface area (Å²) in [5.74, 6) is -0.218. The van der Waals surface area contributed by atoms with Gasteiger partial charge in [0.2, 0.25) is 5.75 Å². The summed E-state index contributed by atoms with van der Waals surface area (Å²) in [5.41, 5.74) is 3.25. The summed E-state index contributed by atoms with van der Waals surface area (Å²) in [6.07, 6.45) is 0. The number of ether oxygens (including phenoxy) is 4. The minimum absolute atomic E-state index is 0.176. The minimum atomic E-state index is -1.30. The molecule has 1 aliphatic carbocycles. The van der Waals surface area contributed by atoms with Crippen LogP contribution in [0.4, 0.5) is 0 Å². The Balaban J connectivity index is 2.04. The number of halogens is 1. The van der Waals surface area contributed by atoms with Gasteiger partial charge in [0.15, 0.2) is 17.3 Å². The average molecular weight is 514 g/mol. The van der Waals surface area contributed by atoms with E-state index in [9.17, 15) is 9.59 Å². The van der Waals surface area contributed by atoms with Crippen molar-refractivity contribution in [1.82, 2.24) is 0 Å². The Hall–Kier alpha value is -3.13. The van der Waals surface area contributed by atoms with Gasteiger partial charge in [-0.05, 0) is 31.5 Å². The van der Waals surface area contributed by atoms with Crippen molar-refractivity contribution in [3.63, 3.8) is 0 Å².